The molecule has 2 aromatic carbocycles. The molecule has 172 valence electrons. The summed E-state index contributed by atoms with van der Waals surface area (Å²) in [5.74, 6) is -1.36. The number of anilines is 1. The molecule has 5 nitrogen and oxygen atoms in total. The van der Waals surface area contributed by atoms with Crippen LogP contribution in [0.2, 0.25) is 5.02 Å². The van der Waals surface area contributed by atoms with Gasteiger partial charge in [0.1, 0.15) is 6.04 Å². The molecule has 1 N–H and O–H groups in total. The zero-order valence-corrected chi connectivity index (χ0v) is 21.8. The summed E-state index contributed by atoms with van der Waals surface area (Å²) < 4.78 is 0. The second-order valence-corrected chi connectivity index (χ2v) is 11.7. The van der Waals surface area contributed by atoms with Gasteiger partial charge in [-0.2, -0.15) is 0 Å². The molecule has 2 saturated carbocycles. The van der Waals surface area contributed by atoms with Gasteiger partial charge in [0.2, 0.25) is 17.7 Å². The lowest BCUT2D eigenvalue weighted by atomic mass is 9.81. The molecule has 2 bridgehead atoms. The fourth-order valence-corrected chi connectivity index (χ4v) is 7.77. The molecule has 5 rings (SSSR count). The summed E-state index contributed by atoms with van der Waals surface area (Å²) in [7, 11) is 0. The lowest BCUT2D eigenvalue weighted by molar-refractivity contribution is -0.147. The summed E-state index contributed by atoms with van der Waals surface area (Å²) in [5.41, 5.74) is 2.32. The maximum atomic E-state index is 13.6. The molecule has 1 saturated heterocycles. The first-order chi connectivity index (χ1) is 15.8. The number of carbonyl (C=O) groups is 3. The Bertz CT molecular complexity index is 1100. The summed E-state index contributed by atoms with van der Waals surface area (Å²) in [4.78, 5) is 42.2. The third-order valence-corrected chi connectivity index (χ3v) is 11.0. The van der Waals surface area contributed by atoms with Crippen molar-refractivity contribution in [3.8, 4) is 0 Å². The molecular formula is C25H23Br2ClN2O3. The van der Waals surface area contributed by atoms with Crippen LogP contribution in [0.5, 0.6) is 0 Å². The minimum atomic E-state index is -0.931. The van der Waals surface area contributed by atoms with E-state index in [0.717, 1.165) is 17.5 Å². The maximum absolute atomic E-state index is 13.6. The lowest BCUT2D eigenvalue weighted by Crippen LogP contribution is -2.49. The number of amides is 3. The van der Waals surface area contributed by atoms with Crippen molar-refractivity contribution in [2.24, 2.45) is 23.7 Å². The van der Waals surface area contributed by atoms with Crippen molar-refractivity contribution in [2.75, 3.05) is 5.32 Å². The third-order valence-electron chi connectivity index (χ3n) is 7.35. The van der Waals surface area contributed by atoms with E-state index in [-0.39, 0.29) is 51.6 Å². The average Bonchev–Trinajstić information content (AvgIpc) is 3.40. The van der Waals surface area contributed by atoms with Crippen molar-refractivity contribution in [1.29, 1.82) is 0 Å². The van der Waals surface area contributed by atoms with Crippen molar-refractivity contribution in [1.82, 2.24) is 4.90 Å². The number of nitrogens with one attached hydrogen (secondary N) is 1. The highest BCUT2D eigenvalue weighted by Gasteiger charge is 2.67. The molecule has 2 aromatic rings. The number of hydrogen-bond acceptors (Lipinski definition) is 3. The van der Waals surface area contributed by atoms with E-state index < -0.39 is 11.9 Å². The van der Waals surface area contributed by atoms with Gasteiger partial charge < -0.3 is 5.32 Å². The van der Waals surface area contributed by atoms with E-state index in [9.17, 15) is 14.4 Å². The maximum Gasteiger partial charge on any atom is 0.248 e. The van der Waals surface area contributed by atoms with Gasteiger partial charge in [-0.3, -0.25) is 19.3 Å². The monoisotopic (exact) mass is 592 g/mol. The molecule has 2 aliphatic carbocycles. The van der Waals surface area contributed by atoms with Crippen LogP contribution in [0, 0.1) is 30.6 Å². The van der Waals surface area contributed by atoms with Crippen LogP contribution in [0.25, 0.3) is 0 Å². The molecule has 0 aromatic heterocycles. The van der Waals surface area contributed by atoms with Gasteiger partial charge >= 0.3 is 0 Å². The Kier molecular flexibility index (Phi) is 6.17. The second kappa shape index (κ2) is 8.82. The van der Waals surface area contributed by atoms with Gasteiger partial charge in [0, 0.05) is 26.8 Å². The van der Waals surface area contributed by atoms with Gasteiger partial charge in [-0.15, -0.1) is 0 Å². The van der Waals surface area contributed by atoms with E-state index >= 15 is 0 Å². The number of aryl methyl sites for hydroxylation is 1. The van der Waals surface area contributed by atoms with Crippen LogP contribution in [0.1, 0.15) is 17.5 Å². The van der Waals surface area contributed by atoms with Crippen LogP contribution >= 0.6 is 43.5 Å². The second-order valence-electron chi connectivity index (χ2n) is 9.21. The van der Waals surface area contributed by atoms with E-state index in [1.807, 2.05) is 43.3 Å². The highest BCUT2D eigenvalue weighted by molar-refractivity contribution is 9.12. The molecular weight excluding hydrogens is 572 g/mol. The van der Waals surface area contributed by atoms with Gasteiger partial charge in [0.25, 0.3) is 0 Å². The van der Waals surface area contributed by atoms with Gasteiger partial charge in [0.05, 0.1) is 11.8 Å². The number of likely N-dealkylation sites (tertiary alicyclic amines) is 1. The highest BCUT2D eigenvalue weighted by atomic mass is 79.9. The number of alkyl halides is 2. The quantitative estimate of drug-likeness (QED) is 0.393. The van der Waals surface area contributed by atoms with Crippen LogP contribution in [-0.2, 0) is 20.8 Å². The smallest absolute Gasteiger partial charge is 0.248 e. The largest absolute Gasteiger partial charge is 0.324 e. The number of rotatable bonds is 5. The van der Waals surface area contributed by atoms with Crippen LogP contribution in [-0.4, -0.2) is 38.3 Å². The van der Waals surface area contributed by atoms with Crippen molar-refractivity contribution < 1.29 is 14.4 Å². The van der Waals surface area contributed by atoms with Crippen LogP contribution in [0.3, 0.4) is 0 Å². The molecule has 7 atom stereocenters. The summed E-state index contributed by atoms with van der Waals surface area (Å²) in [6.45, 7) is 1.88. The lowest BCUT2D eigenvalue weighted by Gasteiger charge is -2.28. The summed E-state index contributed by atoms with van der Waals surface area (Å²) >= 11 is 13.7. The number of benzene rings is 2. The zero-order valence-electron chi connectivity index (χ0n) is 17.9. The molecule has 3 amide bonds. The first-order valence-electron chi connectivity index (χ1n) is 11.0. The van der Waals surface area contributed by atoms with Gasteiger partial charge in [-0.25, -0.2) is 0 Å². The first-order valence-corrected chi connectivity index (χ1v) is 13.2. The van der Waals surface area contributed by atoms with Gasteiger partial charge in [-0.1, -0.05) is 79.9 Å². The number of halogens is 3. The minimum Gasteiger partial charge on any atom is -0.324 e. The summed E-state index contributed by atoms with van der Waals surface area (Å²) in [5, 5.41) is 3.42. The number of hydrogen-bond donors (Lipinski definition) is 1. The Morgan fingerprint density at radius 1 is 1.06 bits per heavy atom. The van der Waals surface area contributed by atoms with Gasteiger partial charge in [-0.05, 0) is 48.4 Å². The standard InChI is InChI=1S/C25H23Br2ClN2O3/c1-12-7-8-14(10-17(12)28)29-23(31)18(9-13-5-3-2-4-6-13)30-24(32)19-15-11-16(20(19)25(30)33)22(27)21(15)26/h2-8,10,15-16,18-22H,9,11H2,1H3,(H,29,31)/t15-,16-,18+,19-,20+,21-,22+/m0/s1. The predicted molar refractivity (Wildman–Crippen MR) is 135 cm³/mol. The SMILES string of the molecule is Cc1ccc(NC(=O)[C@@H](Cc2ccccc2)N2C(=O)[C@@H]3[C@@H]4C[C@H]([C@H](Br)[C@@H]4Br)[C@@H]3C2=O)cc1Cl. The summed E-state index contributed by atoms with van der Waals surface area (Å²) in [6, 6.07) is 13.8. The molecule has 1 aliphatic heterocycles. The van der Waals surface area contributed by atoms with Crippen molar-refractivity contribution >= 4 is 66.9 Å². The van der Waals surface area contributed by atoms with Crippen LogP contribution in [0.4, 0.5) is 5.69 Å². The Morgan fingerprint density at radius 3 is 2.24 bits per heavy atom. The van der Waals surface area contributed by atoms with Crippen molar-refractivity contribution in [3.63, 3.8) is 0 Å². The molecule has 8 heteroatoms. The Morgan fingerprint density at radius 2 is 1.67 bits per heavy atom. The Hall–Kier alpha value is -1.70. The first kappa shape index (κ1) is 23.1. The topological polar surface area (TPSA) is 66.5 Å². The normalized spacial score (nSPS) is 31.1. The Labute approximate surface area is 214 Å². The van der Waals surface area contributed by atoms with E-state index in [4.69, 9.17) is 11.6 Å². The van der Waals surface area contributed by atoms with E-state index in [1.165, 1.54) is 4.90 Å². The van der Waals surface area contributed by atoms with Crippen molar-refractivity contribution in [2.45, 2.75) is 35.5 Å². The highest BCUT2D eigenvalue weighted by Crippen LogP contribution is 2.60. The number of nitrogens with zero attached hydrogens (tertiary/aromatic N) is 1. The average molecular weight is 595 g/mol. The molecule has 1 heterocycles. The minimum absolute atomic E-state index is 0.0992. The third kappa shape index (κ3) is 3.86. The van der Waals surface area contributed by atoms with Gasteiger partial charge in [0.15, 0.2) is 0 Å². The van der Waals surface area contributed by atoms with Crippen LogP contribution in [0.15, 0.2) is 48.5 Å². The van der Waals surface area contributed by atoms with E-state index in [1.54, 1.807) is 12.1 Å². The van der Waals surface area contributed by atoms with Crippen molar-refractivity contribution in [3.05, 3.63) is 64.7 Å². The van der Waals surface area contributed by atoms with E-state index in [0.29, 0.717) is 10.7 Å². The Balaban J connectivity index is 1.47. The zero-order chi connectivity index (χ0) is 23.4. The molecule has 0 unspecified atom stereocenters. The summed E-state index contributed by atoms with van der Waals surface area (Å²) in [6.07, 6.45) is 1.11. The fourth-order valence-electron chi connectivity index (χ4n) is 5.71. The molecule has 0 spiro atoms. The van der Waals surface area contributed by atoms with E-state index in [2.05, 4.69) is 37.2 Å². The number of fused-ring (bicyclic) bond motifs is 5. The predicted octanol–water partition coefficient (Wildman–Crippen LogP) is 4.98. The fraction of sp³-hybridized carbons (Fsp3) is 0.400. The number of imide groups is 1. The molecule has 3 fully saturated rings. The van der Waals surface area contributed by atoms with Crippen LogP contribution < -0.4 is 5.32 Å². The molecule has 0 radical (unpaired) electrons. The molecule has 3 aliphatic rings. The molecule has 33 heavy (non-hydrogen) atoms. The number of carbonyl (C=O) groups excluding carboxylic acids is 3.